The number of ether oxygens (including phenoxy) is 1. The molecule has 0 bridgehead atoms. The number of nitrogens with one attached hydrogen (secondary N) is 2. The van der Waals surface area contributed by atoms with Crippen molar-refractivity contribution in [2.24, 2.45) is 4.99 Å². The highest BCUT2D eigenvalue weighted by atomic mass is 16.5. The maximum absolute atomic E-state index is 11.8. The van der Waals surface area contributed by atoms with E-state index in [1.54, 1.807) is 7.11 Å². The first-order chi connectivity index (χ1) is 8.74. The number of carbonyl (C=O) groups excluding carboxylic acids is 1. The molecule has 2 rings (SSSR count). The molecule has 1 saturated heterocycles. The molecule has 0 radical (unpaired) electrons. The Morgan fingerprint density at radius 3 is 2.67 bits per heavy atom. The van der Waals surface area contributed by atoms with E-state index < -0.39 is 0 Å². The van der Waals surface area contributed by atoms with Gasteiger partial charge >= 0.3 is 0 Å². The van der Waals surface area contributed by atoms with E-state index in [0.717, 1.165) is 11.1 Å². The van der Waals surface area contributed by atoms with Crippen molar-refractivity contribution in [2.75, 3.05) is 13.7 Å². The fourth-order valence-electron chi connectivity index (χ4n) is 1.88. The summed E-state index contributed by atoms with van der Waals surface area (Å²) in [5.41, 5.74) is 2.01. The molecular weight excluding hydrogens is 230 g/mol. The summed E-state index contributed by atoms with van der Waals surface area (Å²) in [6.07, 6.45) is 0. The van der Waals surface area contributed by atoms with Crippen molar-refractivity contribution in [1.29, 1.82) is 0 Å². The summed E-state index contributed by atoms with van der Waals surface area (Å²) in [7, 11) is 1.66. The quantitative estimate of drug-likeness (QED) is 0.833. The van der Waals surface area contributed by atoms with Gasteiger partial charge in [0, 0.05) is 13.7 Å². The molecule has 1 atom stereocenters. The number of aliphatic imine (C=N–C) groups is 1. The smallest absolute Gasteiger partial charge is 0.253 e. The molecular formula is C13H17N3O2. The van der Waals surface area contributed by atoms with E-state index in [-0.39, 0.29) is 11.9 Å². The maximum Gasteiger partial charge on any atom is 0.253 e. The van der Waals surface area contributed by atoms with Crippen LogP contribution >= 0.6 is 0 Å². The van der Waals surface area contributed by atoms with Crippen LogP contribution in [0.1, 0.15) is 24.1 Å². The molecule has 0 aromatic heterocycles. The minimum absolute atomic E-state index is 0.0679. The number of rotatable bonds is 4. The molecule has 0 spiro atoms. The van der Waals surface area contributed by atoms with E-state index in [9.17, 15) is 4.79 Å². The van der Waals surface area contributed by atoms with Crippen LogP contribution in [0.25, 0.3) is 0 Å². The van der Waals surface area contributed by atoms with Gasteiger partial charge in [-0.15, -0.1) is 0 Å². The van der Waals surface area contributed by atoms with Crippen LogP contribution in [-0.4, -0.2) is 25.5 Å². The van der Waals surface area contributed by atoms with Crippen LogP contribution in [0.3, 0.4) is 0 Å². The van der Waals surface area contributed by atoms with E-state index in [2.05, 4.69) is 15.6 Å². The summed E-state index contributed by atoms with van der Waals surface area (Å²) in [6, 6.07) is 7.43. The zero-order chi connectivity index (χ0) is 13.0. The monoisotopic (exact) mass is 247 g/mol. The lowest BCUT2D eigenvalue weighted by Crippen LogP contribution is -2.25. The summed E-state index contributed by atoms with van der Waals surface area (Å²) in [4.78, 5) is 15.9. The number of guanidine groups is 1. The molecule has 2 N–H and O–H groups in total. The second kappa shape index (κ2) is 5.64. The molecule has 5 heteroatoms. The van der Waals surface area contributed by atoms with Gasteiger partial charge in [0.15, 0.2) is 5.96 Å². The Hall–Kier alpha value is -1.88. The first-order valence-electron chi connectivity index (χ1n) is 5.94. The molecule has 1 aromatic carbocycles. The number of benzene rings is 1. The van der Waals surface area contributed by atoms with Crippen molar-refractivity contribution in [2.45, 2.75) is 19.6 Å². The fourth-order valence-corrected chi connectivity index (χ4v) is 1.88. The Morgan fingerprint density at radius 1 is 1.33 bits per heavy atom. The number of nitrogens with zero attached hydrogens (tertiary/aromatic N) is 1. The predicted octanol–water partition coefficient (Wildman–Crippen LogP) is 0.969. The Morgan fingerprint density at radius 2 is 2.06 bits per heavy atom. The molecule has 1 aliphatic heterocycles. The maximum atomic E-state index is 11.8. The molecule has 1 unspecified atom stereocenters. The molecule has 18 heavy (non-hydrogen) atoms. The van der Waals surface area contributed by atoms with Gasteiger partial charge in [0.05, 0.1) is 6.61 Å². The van der Waals surface area contributed by atoms with Crippen molar-refractivity contribution >= 4 is 11.9 Å². The fraction of sp³-hybridized carbons (Fsp3) is 0.385. The van der Waals surface area contributed by atoms with Gasteiger partial charge in [-0.2, -0.15) is 0 Å². The second-order valence-corrected chi connectivity index (χ2v) is 4.06. The van der Waals surface area contributed by atoms with Crippen molar-refractivity contribution < 1.29 is 9.53 Å². The average Bonchev–Trinajstić information content (AvgIpc) is 2.72. The van der Waals surface area contributed by atoms with Gasteiger partial charge in [0.2, 0.25) is 0 Å². The molecule has 1 amide bonds. The largest absolute Gasteiger partial charge is 0.380 e. The van der Waals surface area contributed by atoms with Crippen molar-refractivity contribution in [3.8, 4) is 0 Å². The lowest BCUT2D eigenvalue weighted by Gasteiger charge is -2.09. The molecule has 0 saturated carbocycles. The van der Waals surface area contributed by atoms with E-state index in [4.69, 9.17) is 4.74 Å². The van der Waals surface area contributed by atoms with Gasteiger partial charge in [0.25, 0.3) is 5.91 Å². The number of hydrogen-bond acceptors (Lipinski definition) is 3. The van der Waals surface area contributed by atoms with Crippen LogP contribution in [-0.2, 0) is 16.1 Å². The highest BCUT2D eigenvalue weighted by Crippen LogP contribution is 2.17. The van der Waals surface area contributed by atoms with E-state index in [0.29, 0.717) is 19.1 Å². The number of amides is 1. The summed E-state index contributed by atoms with van der Waals surface area (Å²) in [6.45, 7) is 3.14. The van der Waals surface area contributed by atoms with Crippen molar-refractivity contribution in [1.82, 2.24) is 10.6 Å². The first-order valence-corrected chi connectivity index (χ1v) is 5.94. The topological polar surface area (TPSA) is 62.7 Å². The highest BCUT2D eigenvalue weighted by molar-refractivity contribution is 6.06. The van der Waals surface area contributed by atoms with E-state index >= 15 is 0 Å². The Bertz CT molecular complexity index is 454. The zero-order valence-corrected chi connectivity index (χ0v) is 10.6. The van der Waals surface area contributed by atoms with Gasteiger partial charge in [-0.25, -0.2) is 0 Å². The minimum atomic E-state index is -0.355. The van der Waals surface area contributed by atoms with Crippen molar-refractivity contribution in [3.63, 3.8) is 0 Å². The van der Waals surface area contributed by atoms with Gasteiger partial charge in [-0.3, -0.25) is 15.1 Å². The van der Waals surface area contributed by atoms with Crippen LogP contribution in [0.2, 0.25) is 0 Å². The Kier molecular flexibility index (Phi) is 3.94. The number of hydrogen-bond donors (Lipinski definition) is 2. The summed E-state index contributed by atoms with van der Waals surface area (Å²) in [5, 5.41) is 5.79. The Balaban J connectivity index is 2.12. The number of carbonyl (C=O) groups is 1. The first kappa shape index (κ1) is 12.6. The third-order valence-electron chi connectivity index (χ3n) is 2.73. The number of methoxy groups -OCH3 is 1. The predicted molar refractivity (Wildman–Crippen MR) is 69.2 cm³/mol. The van der Waals surface area contributed by atoms with Gasteiger partial charge < -0.3 is 10.1 Å². The second-order valence-electron chi connectivity index (χ2n) is 4.06. The molecule has 5 nitrogen and oxygen atoms in total. The van der Waals surface area contributed by atoms with Gasteiger partial charge in [-0.05, 0) is 18.1 Å². The van der Waals surface area contributed by atoms with Crippen molar-refractivity contribution in [3.05, 3.63) is 35.4 Å². The van der Waals surface area contributed by atoms with Crippen LogP contribution in [0, 0.1) is 0 Å². The molecule has 1 fully saturated rings. The van der Waals surface area contributed by atoms with E-state index in [1.807, 2.05) is 31.2 Å². The van der Waals surface area contributed by atoms with E-state index in [1.165, 1.54) is 0 Å². The third kappa shape index (κ3) is 2.68. The Labute approximate surface area is 106 Å². The summed E-state index contributed by atoms with van der Waals surface area (Å²) < 4.78 is 5.05. The molecule has 0 aliphatic carbocycles. The highest BCUT2D eigenvalue weighted by Gasteiger charge is 2.29. The van der Waals surface area contributed by atoms with Crippen LogP contribution in [0.5, 0.6) is 0 Å². The molecule has 1 aliphatic rings. The third-order valence-corrected chi connectivity index (χ3v) is 2.73. The zero-order valence-electron chi connectivity index (χ0n) is 10.6. The molecule has 1 heterocycles. The van der Waals surface area contributed by atoms with Gasteiger partial charge in [0.1, 0.15) is 6.04 Å². The SMILES string of the molecule is CCN=C1NC(=O)C(c2ccc(COC)cc2)N1. The van der Waals surface area contributed by atoms with Crippen LogP contribution in [0.4, 0.5) is 0 Å². The lowest BCUT2D eigenvalue weighted by atomic mass is 10.1. The average molecular weight is 247 g/mol. The van der Waals surface area contributed by atoms with Gasteiger partial charge in [-0.1, -0.05) is 24.3 Å². The van der Waals surface area contributed by atoms with Crippen LogP contribution < -0.4 is 10.6 Å². The lowest BCUT2D eigenvalue weighted by molar-refractivity contribution is -0.120. The normalized spacial score (nSPS) is 20.9. The minimum Gasteiger partial charge on any atom is -0.380 e. The summed E-state index contributed by atoms with van der Waals surface area (Å²) in [5.74, 6) is 0.482. The van der Waals surface area contributed by atoms with Crippen LogP contribution in [0.15, 0.2) is 29.3 Å². The standard InChI is InChI=1S/C13H17N3O2/c1-3-14-13-15-11(12(17)16-13)10-6-4-9(5-7-10)8-18-2/h4-7,11H,3,8H2,1-2H3,(H2,14,15,16,17). The molecule has 1 aromatic rings. The molecule has 96 valence electrons. The summed E-state index contributed by atoms with van der Waals surface area (Å²) >= 11 is 0.